The Morgan fingerprint density at radius 3 is 2.57 bits per heavy atom. The Morgan fingerprint density at radius 1 is 1.22 bits per heavy atom. The zero-order valence-corrected chi connectivity index (χ0v) is 21.1. The Balaban J connectivity index is 1.84. The van der Waals surface area contributed by atoms with Crippen LogP contribution in [0.15, 0.2) is 48.5 Å². The van der Waals surface area contributed by atoms with Gasteiger partial charge >= 0.3 is 0 Å². The number of nitrogen functional groups attached to an aromatic ring is 1. The highest BCUT2D eigenvalue weighted by atomic mass is 32.1. The molecule has 0 spiro atoms. The fraction of sp³-hybridized carbons (Fsp3) is 0.308. The van der Waals surface area contributed by atoms with Crippen molar-refractivity contribution in [2.75, 3.05) is 23.8 Å². The molecule has 3 amide bonds. The predicted octanol–water partition coefficient (Wildman–Crippen LogP) is 3.21. The number of nitrogens with one attached hydrogen (secondary N) is 1. The average molecular weight is 526 g/mol. The first-order chi connectivity index (χ1) is 17.8. The highest BCUT2D eigenvalue weighted by Crippen LogP contribution is 2.35. The Labute approximate surface area is 217 Å². The molecule has 2 heterocycles. The van der Waals surface area contributed by atoms with Gasteiger partial charge in [0.2, 0.25) is 5.91 Å². The van der Waals surface area contributed by atoms with Gasteiger partial charge in [-0.05, 0) is 60.1 Å². The first kappa shape index (κ1) is 26.2. The fourth-order valence-corrected chi connectivity index (χ4v) is 5.07. The van der Waals surface area contributed by atoms with E-state index in [0.717, 1.165) is 29.9 Å². The van der Waals surface area contributed by atoms with Gasteiger partial charge in [0.15, 0.2) is 5.69 Å². The van der Waals surface area contributed by atoms with Crippen LogP contribution in [0.1, 0.15) is 57.1 Å². The van der Waals surface area contributed by atoms with Gasteiger partial charge in [0.25, 0.3) is 11.8 Å². The van der Waals surface area contributed by atoms with E-state index in [4.69, 9.17) is 16.2 Å². The number of carbonyl (C=O) groups is 3. The summed E-state index contributed by atoms with van der Waals surface area (Å²) in [7, 11) is 0. The van der Waals surface area contributed by atoms with Gasteiger partial charge in [-0.15, -0.1) is 0 Å². The molecule has 11 heteroatoms. The number of hydrogen-bond acceptors (Lipinski definition) is 7. The third-order valence-corrected chi connectivity index (χ3v) is 7.08. The number of hydrogen-bond donors (Lipinski definition) is 3. The summed E-state index contributed by atoms with van der Waals surface area (Å²) < 4.78 is 23.4. The van der Waals surface area contributed by atoms with Crippen LogP contribution in [-0.4, -0.2) is 41.4 Å². The second-order valence-electron chi connectivity index (χ2n) is 8.63. The van der Waals surface area contributed by atoms with Crippen molar-refractivity contribution < 1.29 is 23.5 Å². The minimum Gasteiger partial charge on any atom is -0.395 e. The molecule has 1 aliphatic heterocycles. The van der Waals surface area contributed by atoms with Crippen molar-refractivity contribution in [1.29, 1.82) is 0 Å². The molecule has 37 heavy (non-hydrogen) atoms. The summed E-state index contributed by atoms with van der Waals surface area (Å²) in [5, 5.41) is 2.90. The number of aryl methyl sites for hydroxylation is 1. The van der Waals surface area contributed by atoms with E-state index in [-0.39, 0.29) is 28.9 Å². The molecule has 1 fully saturated rings. The lowest BCUT2D eigenvalue weighted by Gasteiger charge is -2.33. The van der Waals surface area contributed by atoms with Crippen molar-refractivity contribution in [1.82, 2.24) is 9.69 Å². The van der Waals surface area contributed by atoms with Crippen LogP contribution in [0.5, 0.6) is 0 Å². The highest BCUT2D eigenvalue weighted by molar-refractivity contribution is 7.09. The standard InChI is InChI=1S/C26H28FN5O4S/c1-2-15-6-3-4-8-19(15)32(26(35)23-20(28)21(24(29)33)31-37-23)22(16-9-11-17(27)12-10-16)25(34)30-14-18-7-5-13-36-18/h3-4,6,8-12,18,22H,2,5,7,13-14,28H2,1H3,(H2,29,33)(H,30,34)/t18-,22+/m0/s1. The molecular formula is C26H28FN5O4S. The van der Waals surface area contributed by atoms with Gasteiger partial charge in [-0.25, -0.2) is 4.39 Å². The molecule has 1 aliphatic rings. The summed E-state index contributed by atoms with van der Waals surface area (Å²) in [5.41, 5.74) is 12.8. The number of anilines is 2. The molecule has 0 bridgehead atoms. The van der Waals surface area contributed by atoms with E-state index in [0.29, 0.717) is 24.3 Å². The number of aromatic nitrogens is 1. The Kier molecular flexibility index (Phi) is 8.14. The Hall–Kier alpha value is -3.83. The number of amides is 3. The maximum atomic E-state index is 14.1. The van der Waals surface area contributed by atoms with Gasteiger partial charge < -0.3 is 21.5 Å². The molecule has 2 atom stereocenters. The van der Waals surface area contributed by atoms with Gasteiger partial charge in [0.05, 0.1) is 11.8 Å². The zero-order valence-electron chi connectivity index (χ0n) is 20.3. The summed E-state index contributed by atoms with van der Waals surface area (Å²) in [6.45, 7) is 2.82. The van der Waals surface area contributed by atoms with Crippen molar-refractivity contribution in [3.05, 3.63) is 76.0 Å². The molecule has 194 valence electrons. The number of benzene rings is 2. The van der Waals surface area contributed by atoms with Crippen LogP contribution in [0.2, 0.25) is 0 Å². The number of primary amides is 1. The fourth-order valence-electron chi connectivity index (χ4n) is 4.33. The smallest absolute Gasteiger partial charge is 0.273 e. The number of para-hydroxylation sites is 1. The monoisotopic (exact) mass is 525 g/mol. The topological polar surface area (TPSA) is 141 Å². The largest absolute Gasteiger partial charge is 0.395 e. The van der Waals surface area contributed by atoms with E-state index in [9.17, 15) is 18.8 Å². The van der Waals surface area contributed by atoms with Crippen LogP contribution >= 0.6 is 11.5 Å². The Bertz CT molecular complexity index is 1290. The SMILES string of the molecule is CCc1ccccc1N(C(=O)c1snc(C(N)=O)c1N)[C@@H](C(=O)NC[C@@H]1CCCO1)c1ccc(F)cc1. The van der Waals surface area contributed by atoms with Crippen LogP contribution in [0, 0.1) is 5.82 Å². The number of nitrogens with two attached hydrogens (primary N) is 2. The maximum Gasteiger partial charge on any atom is 0.273 e. The van der Waals surface area contributed by atoms with Crippen LogP contribution in [0.25, 0.3) is 0 Å². The average Bonchev–Trinajstić information content (AvgIpc) is 3.56. The number of carbonyl (C=O) groups excluding carboxylic acids is 3. The van der Waals surface area contributed by atoms with E-state index >= 15 is 0 Å². The highest BCUT2D eigenvalue weighted by Gasteiger charge is 2.37. The molecule has 9 nitrogen and oxygen atoms in total. The molecule has 5 N–H and O–H groups in total. The molecule has 2 aromatic carbocycles. The van der Waals surface area contributed by atoms with Gasteiger partial charge in [-0.3, -0.25) is 19.3 Å². The molecular weight excluding hydrogens is 497 g/mol. The summed E-state index contributed by atoms with van der Waals surface area (Å²) in [4.78, 5) is 40.9. The molecule has 0 aliphatic carbocycles. The molecule has 0 unspecified atom stereocenters. The van der Waals surface area contributed by atoms with E-state index in [1.807, 2.05) is 19.1 Å². The van der Waals surface area contributed by atoms with Crippen LogP contribution in [0.4, 0.5) is 15.8 Å². The van der Waals surface area contributed by atoms with Gasteiger partial charge in [-0.2, -0.15) is 4.37 Å². The molecule has 4 rings (SSSR count). The normalized spacial score (nSPS) is 15.8. The predicted molar refractivity (Wildman–Crippen MR) is 139 cm³/mol. The van der Waals surface area contributed by atoms with Crippen molar-refractivity contribution in [3.63, 3.8) is 0 Å². The summed E-state index contributed by atoms with van der Waals surface area (Å²) in [5.74, 6) is -2.45. The molecule has 0 saturated carbocycles. The third kappa shape index (κ3) is 5.62. The van der Waals surface area contributed by atoms with Crippen LogP contribution < -0.4 is 21.7 Å². The third-order valence-electron chi connectivity index (χ3n) is 6.23. The van der Waals surface area contributed by atoms with Gasteiger partial charge in [-0.1, -0.05) is 37.3 Å². The van der Waals surface area contributed by atoms with Crippen molar-refractivity contribution in [3.8, 4) is 0 Å². The summed E-state index contributed by atoms with van der Waals surface area (Å²) in [6.07, 6.45) is 2.16. The number of halogens is 1. The van der Waals surface area contributed by atoms with E-state index in [1.165, 1.54) is 29.2 Å². The summed E-state index contributed by atoms with van der Waals surface area (Å²) >= 11 is 0.731. The molecule has 1 aromatic heterocycles. The minimum absolute atomic E-state index is 0.0289. The van der Waals surface area contributed by atoms with Crippen molar-refractivity contribution >= 4 is 40.6 Å². The first-order valence-electron chi connectivity index (χ1n) is 11.9. The van der Waals surface area contributed by atoms with Crippen LogP contribution in [-0.2, 0) is 16.0 Å². The van der Waals surface area contributed by atoms with Gasteiger partial charge in [0.1, 0.15) is 16.7 Å². The second-order valence-corrected chi connectivity index (χ2v) is 9.40. The molecule has 3 aromatic rings. The van der Waals surface area contributed by atoms with Crippen molar-refractivity contribution in [2.45, 2.75) is 38.3 Å². The maximum absolute atomic E-state index is 14.1. The van der Waals surface area contributed by atoms with E-state index in [1.54, 1.807) is 12.1 Å². The van der Waals surface area contributed by atoms with Crippen molar-refractivity contribution in [2.24, 2.45) is 5.73 Å². The number of nitrogens with zero attached hydrogens (tertiary/aromatic N) is 2. The minimum atomic E-state index is -1.18. The quantitative estimate of drug-likeness (QED) is 0.392. The molecule has 0 radical (unpaired) electrons. The lowest BCUT2D eigenvalue weighted by molar-refractivity contribution is -0.123. The van der Waals surface area contributed by atoms with Gasteiger partial charge in [0, 0.05) is 18.8 Å². The Morgan fingerprint density at radius 2 is 1.95 bits per heavy atom. The molecule has 1 saturated heterocycles. The number of ether oxygens (including phenoxy) is 1. The lowest BCUT2D eigenvalue weighted by Crippen LogP contribution is -2.46. The van der Waals surface area contributed by atoms with E-state index < -0.39 is 29.6 Å². The second kappa shape index (κ2) is 11.5. The first-order valence-corrected chi connectivity index (χ1v) is 12.7. The summed E-state index contributed by atoms with van der Waals surface area (Å²) in [6, 6.07) is 11.4. The number of rotatable bonds is 9. The van der Waals surface area contributed by atoms with E-state index in [2.05, 4.69) is 9.69 Å². The van der Waals surface area contributed by atoms with Crippen LogP contribution in [0.3, 0.4) is 0 Å². The lowest BCUT2D eigenvalue weighted by atomic mass is 10.00. The zero-order chi connectivity index (χ0) is 26.5.